The minimum atomic E-state index is 0.213. The molecule has 1 aromatic carbocycles. The second-order valence-electron chi connectivity index (χ2n) is 3.12. The molecule has 3 N–H and O–H groups in total. The molecule has 4 heteroatoms. The highest BCUT2D eigenvalue weighted by molar-refractivity contribution is 9.10. The van der Waals surface area contributed by atoms with E-state index in [-0.39, 0.29) is 11.9 Å². The molecule has 1 rings (SSSR count). The van der Waals surface area contributed by atoms with Crippen LogP contribution < -0.4 is 5.73 Å². The van der Waals surface area contributed by atoms with Crippen LogP contribution in [0.5, 0.6) is 0 Å². The Kier molecular flexibility index (Phi) is 4.78. The van der Waals surface area contributed by atoms with E-state index in [4.69, 9.17) is 10.8 Å². The summed E-state index contributed by atoms with van der Waals surface area (Å²) in [7, 11) is 0. The van der Waals surface area contributed by atoms with E-state index in [2.05, 4.69) is 15.9 Å². The first-order valence-electron chi connectivity index (χ1n) is 4.40. The Morgan fingerprint density at radius 2 is 2.29 bits per heavy atom. The van der Waals surface area contributed by atoms with Crippen molar-refractivity contribution in [1.29, 1.82) is 0 Å². The fraction of sp³-hybridized carbons (Fsp3) is 0.400. The van der Waals surface area contributed by atoms with Crippen molar-refractivity contribution in [3.05, 3.63) is 28.2 Å². The SMILES string of the molecule is CC(CO)SCc1cccc(N)c1Br. The maximum absolute atomic E-state index is 8.88. The Balaban J connectivity index is 2.63. The van der Waals surface area contributed by atoms with Gasteiger partial charge in [-0.15, -0.1) is 0 Å². The highest BCUT2D eigenvalue weighted by Crippen LogP contribution is 2.28. The molecule has 0 saturated heterocycles. The van der Waals surface area contributed by atoms with Crippen LogP contribution in [-0.4, -0.2) is 17.0 Å². The number of nitrogen functional groups attached to an aromatic ring is 1. The predicted octanol–water partition coefficient (Wildman–Crippen LogP) is 2.65. The van der Waals surface area contributed by atoms with E-state index in [0.717, 1.165) is 15.9 Å². The molecule has 1 atom stereocenters. The van der Waals surface area contributed by atoms with Crippen molar-refractivity contribution in [3.63, 3.8) is 0 Å². The van der Waals surface area contributed by atoms with E-state index < -0.39 is 0 Å². The van der Waals surface area contributed by atoms with Gasteiger partial charge in [0.1, 0.15) is 0 Å². The third kappa shape index (κ3) is 3.19. The van der Waals surface area contributed by atoms with Crippen LogP contribution in [0.3, 0.4) is 0 Å². The number of hydrogen-bond acceptors (Lipinski definition) is 3. The smallest absolute Gasteiger partial charge is 0.0547 e. The van der Waals surface area contributed by atoms with Crippen molar-refractivity contribution >= 4 is 33.4 Å². The lowest BCUT2D eigenvalue weighted by Crippen LogP contribution is -2.02. The number of hydrogen-bond donors (Lipinski definition) is 2. The van der Waals surface area contributed by atoms with E-state index in [9.17, 15) is 0 Å². The van der Waals surface area contributed by atoms with Crippen LogP contribution in [0.1, 0.15) is 12.5 Å². The van der Waals surface area contributed by atoms with Crippen LogP contribution in [0.2, 0.25) is 0 Å². The molecular formula is C10H14BrNOS. The van der Waals surface area contributed by atoms with E-state index in [1.807, 2.05) is 25.1 Å². The molecule has 1 aromatic rings. The Bertz CT molecular complexity index is 306. The number of aliphatic hydroxyl groups excluding tert-OH is 1. The Morgan fingerprint density at radius 1 is 1.57 bits per heavy atom. The maximum Gasteiger partial charge on any atom is 0.0547 e. The van der Waals surface area contributed by atoms with Crippen molar-refractivity contribution < 1.29 is 5.11 Å². The number of anilines is 1. The number of halogens is 1. The molecular weight excluding hydrogens is 262 g/mol. The molecule has 0 saturated carbocycles. The summed E-state index contributed by atoms with van der Waals surface area (Å²) in [4.78, 5) is 0. The van der Waals surface area contributed by atoms with Crippen LogP contribution in [0.4, 0.5) is 5.69 Å². The van der Waals surface area contributed by atoms with E-state index in [0.29, 0.717) is 0 Å². The number of nitrogens with two attached hydrogens (primary N) is 1. The molecule has 0 aliphatic carbocycles. The van der Waals surface area contributed by atoms with Crippen LogP contribution >= 0.6 is 27.7 Å². The zero-order valence-corrected chi connectivity index (χ0v) is 10.4. The van der Waals surface area contributed by atoms with E-state index in [1.165, 1.54) is 5.56 Å². The first-order valence-corrected chi connectivity index (χ1v) is 6.24. The first kappa shape index (κ1) is 11.9. The van der Waals surface area contributed by atoms with E-state index >= 15 is 0 Å². The van der Waals surface area contributed by atoms with Gasteiger partial charge in [-0.3, -0.25) is 0 Å². The average Bonchev–Trinajstić information content (AvgIpc) is 2.20. The van der Waals surface area contributed by atoms with Gasteiger partial charge in [0.2, 0.25) is 0 Å². The minimum absolute atomic E-state index is 0.213. The molecule has 14 heavy (non-hydrogen) atoms. The van der Waals surface area contributed by atoms with Gasteiger partial charge in [-0.05, 0) is 27.6 Å². The standard InChI is InChI=1S/C10H14BrNOS/c1-7(5-13)14-6-8-3-2-4-9(12)10(8)11/h2-4,7,13H,5-6,12H2,1H3. The summed E-state index contributed by atoms with van der Waals surface area (Å²) in [5.41, 5.74) is 7.69. The van der Waals surface area contributed by atoms with Crippen LogP contribution in [0, 0.1) is 0 Å². The normalized spacial score (nSPS) is 12.8. The summed E-state index contributed by atoms with van der Waals surface area (Å²) in [5.74, 6) is 0.868. The Morgan fingerprint density at radius 3 is 2.93 bits per heavy atom. The Labute approximate surface area is 97.0 Å². The van der Waals surface area contributed by atoms with Crippen molar-refractivity contribution in [3.8, 4) is 0 Å². The molecule has 0 amide bonds. The minimum Gasteiger partial charge on any atom is -0.398 e. The summed E-state index contributed by atoms with van der Waals surface area (Å²) in [6.07, 6.45) is 0. The van der Waals surface area contributed by atoms with Crippen molar-refractivity contribution in [2.24, 2.45) is 0 Å². The second-order valence-corrected chi connectivity index (χ2v) is 5.34. The lowest BCUT2D eigenvalue weighted by Gasteiger charge is -2.09. The molecule has 0 aliphatic rings. The van der Waals surface area contributed by atoms with Crippen molar-refractivity contribution in [2.45, 2.75) is 17.9 Å². The third-order valence-corrected chi connectivity index (χ3v) is 4.05. The lowest BCUT2D eigenvalue weighted by atomic mass is 10.2. The third-order valence-electron chi connectivity index (χ3n) is 1.89. The van der Waals surface area contributed by atoms with E-state index in [1.54, 1.807) is 11.8 Å². The summed E-state index contributed by atoms with van der Waals surface area (Å²) in [6, 6.07) is 5.85. The van der Waals surface area contributed by atoms with Crippen molar-refractivity contribution in [2.75, 3.05) is 12.3 Å². The maximum atomic E-state index is 8.88. The van der Waals surface area contributed by atoms with Gasteiger partial charge in [-0.2, -0.15) is 11.8 Å². The molecule has 0 aromatic heterocycles. The summed E-state index contributed by atoms with van der Waals surface area (Å²) in [6.45, 7) is 2.22. The molecule has 0 spiro atoms. The monoisotopic (exact) mass is 275 g/mol. The summed E-state index contributed by atoms with van der Waals surface area (Å²) < 4.78 is 0.970. The van der Waals surface area contributed by atoms with Gasteiger partial charge in [-0.25, -0.2) is 0 Å². The highest BCUT2D eigenvalue weighted by Gasteiger charge is 2.05. The van der Waals surface area contributed by atoms with Gasteiger partial charge >= 0.3 is 0 Å². The fourth-order valence-electron chi connectivity index (χ4n) is 0.996. The molecule has 1 unspecified atom stereocenters. The van der Waals surface area contributed by atoms with Crippen molar-refractivity contribution in [1.82, 2.24) is 0 Å². The molecule has 0 fully saturated rings. The largest absolute Gasteiger partial charge is 0.398 e. The first-order chi connectivity index (χ1) is 6.65. The van der Waals surface area contributed by atoms with Gasteiger partial charge in [0, 0.05) is 21.2 Å². The summed E-state index contributed by atoms with van der Waals surface area (Å²) >= 11 is 5.17. The van der Waals surface area contributed by atoms with Gasteiger partial charge in [-0.1, -0.05) is 19.1 Å². The fourth-order valence-corrected chi connectivity index (χ4v) is 2.40. The van der Waals surface area contributed by atoms with Crippen LogP contribution in [-0.2, 0) is 5.75 Å². The van der Waals surface area contributed by atoms with Gasteiger partial charge < -0.3 is 10.8 Å². The molecule has 0 aliphatic heterocycles. The molecule has 2 nitrogen and oxygen atoms in total. The van der Waals surface area contributed by atoms with Gasteiger partial charge in [0.15, 0.2) is 0 Å². The zero-order valence-electron chi connectivity index (χ0n) is 8.03. The predicted molar refractivity (Wildman–Crippen MR) is 66.4 cm³/mol. The lowest BCUT2D eigenvalue weighted by molar-refractivity contribution is 0.300. The van der Waals surface area contributed by atoms with Crippen LogP contribution in [0.15, 0.2) is 22.7 Å². The van der Waals surface area contributed by atoms with Crippen LogP contribution in [0.25, 0.3) is 0 Å². The Hall–Kier alpha value is -0.190. The van der Waals surface area contributed by atoms with Gasteiger partial charge in [0.05, 0.1) is 6.61 Å². The number of thioether (sulfide) groups is 1. The number of benzene rings is 1. The summed E-state index contributed by atoms with van der Waals surface area (Å²) in [5, 5.41) is 9.15. The molecule has 0 bridgehead atoms. The number of rotatable bonds is 4. The molecule has 78 valence electrons. The number of aliphatic hydroxyl groups is 1. The quantitative estimate of drug-likeness (QED) is 0.831. The molecule has 0 heterocycles. The average molecular weight is 276 g/mol. The topological polar surface area (TPSA) is 46.2 Å². The zero-order chi connectivity index (χ0) is 10.6. The van der Waals surface area contributed by atoms with Gasteiger partial charge in [0.25, 0.3) is 0 Å². The molecule has 0 radical (unpaired) electrons. The second kappa shape index (κ2) is 5.63. The highest BCUT2D eigenvalue weighted by atomic mass is 79.9.